The Labute approximate surface area is 211 Å². The van der Waals surface area contributed by atoms with Crippen molar-refractivity contribution in [2.45, 2.75) is 6.92 Å². The summed E-state index contributed by atoms with van der Waals surface area (Å²) in [7, 11) is 1.59. The molecule has 1 heterocycles. The number of rotatable bonds is 9. The van der Waals surface area contributed by atoms with Crippen LogP contribution in [0, 0.1) is 10.1 Å². The number of anilines is 5. The fourth-order valence-electron chi connectivity index (χ4n) is 3.03. The van der Waals surface area contributed by atoms with E-state index < -0.39 is 4.92 Å². The average molecular weight is 505 g/mol. The third-order valence-electron chi connectivity index (χ3n) is 4.90. The number of nitrogens with zero attached hydrogens (tertiary/aromatic N) is 5. The van der Waals surface area contributed by atoms with Crippen LogP contribution in [0.5, 0.6) is 5.75 Å². The number of halogens is 1. The van der Waals surface area contributed by atoms with Gasteiger partial charge in [0.05, 0.1) is 17.7 Å². The van der Waals surface area contributed by atoms with Crippen LogP contribution in [0.15, 0.2) is 77.9 Å². The molecule has 0 amide bonds. The summed E-state index contributed by atoms with van der Waals surface area (Å²) < 4.78 is 5.19. The first-order chi connectivity index (χ1) is 17.4. The number of aromatic nitrogens is 3. The third kappa shape index (κ3) is 6.42. The van der Waals surface area contributed by atoms with Gasteiger partial charge in [-0.15, -0.1) is 0 Å². The van der Waals surface area contributed by atoms with Gasteiger partial charge in [0.15, 0.2) is 0 Å². The van der Waals surface area contributed by atoms with Crippen molar-refractivity contribution < 1.29 is 9.66 Å². The Kier molecular flexibility index (Phi) is 7.51. The van der Waals surface area contributed by atoms with E-state index >= 15 is 0 Å². The van der Waals surface area contributed by atoms with Crippen LogP contribution in [0.4, 0.5) is 34.9 Å². The predicted octanol–water partition coefficient (Wildman–Crippen LogP) is 5.77. The number of hydrogen-bond donors (Lipinski definition) is 3. The highest BCUT2D eigenvalue weighted by Gasteiger charge is 2.10. The molecule has 0 atom stereocenters. The van der Waals surface area contributed by atoms with Gasteiger partial charge in [-0.25, -0.2) is 5.43 Å². The zero-order valence-corrected chi connectivity index (χ0v) is 20.0. The van der Waals surface area contributed by atoms with E-state index in [2.05, 4.69) is 36.1 Å². The summed E-state index contributed by atoms with van der Waals surface area (Å²) in [5, 5.41) is 22.1. The summed E-state index contributed by atoms with van der Waals surface area (Å²) in [6.45, 7) is 1.84. The SMILES string of the molecule is COc1ccc(Nc2nc(NN=C(C)c3ccc(Cl)cc3)nc(Nc3ccc([N+](=O)[O-])cc3)n2)cc1. The van der Waals surface area contributed by atoms with Crippen molar-refractivity contribution in [3.05, 3.63) is 93.5 Å². The van der Waals surface area contributed by atoms with Crippen molar-refractivity contribution in [2.24, 2.45) is 5.10 Å². The predicted molar refractivity (Wildman–Crippen MR) is 140 cm³/mol. The van der Waals surface area contributed by atoms with E-state index in [1.54, 1.807) is 43.5 Å². The Morgan fingerprint density at radius 1 is 0.861 bits per heavy atom. The maximum Gasteiger partial charge on any atom is 0.269 e. The maximum atomic E-state index is 10.9. The molecule has 0 radical (unpaired) electrons. The number of ether oxygens (including phenoxy) is 1. The molecule has 1 aromatic heterocycles. The van der Waals surface area contributed by atoms with E-state index in [-0.39, 0.29) is 23.5 Å². The van der Waals surface area contributed by atoms with Gasteiger partial charge in [-0.05, 0) is 61.0 Å². The van der Waals surface area contributed by atoms with E-state index in [0.717, 1.165) is 11.3 Å². The number of nitro benzene ring substituents is 1. The lowest BCUT2D eigenvalue weighted by atomic mass is 10.1. The Bertz CT molecular complexity index is 1380. The highest BCUT2D eigenvalue weighted by molar-refractivity contribution is 6.30. The fourth-order valence-corrected chi connectivity index (χ4v) is 3.15. The zero-order chi connectivity index (χ0) is 25.5. The largest absolute Gasteiger partial charge is 0.497 e. The first-order valence-electron chi connectivity index (χ1n) is 10.6. The number of hydrazone groups is 1. The standard InChI is InChI=1S/C24H21ClN8O3/c1-15(16-3-5-17(25)6-4-16)31-32-24-29-22(26-18-7-11-20(12-8-18)33(34)35)28-23(30-24)27-19-9-13-21(36-2)14-10-19/h3-14H,1-2H3,(H3,26,27,28,29,30,32). The van der Waals surface area contributed by atoms with Gasteiger partial charge in [0.2, 0.25) is 17.8 Å². The molecule has 182 valence electrons. The number of hydrogen-bond acceptors (Lipinski definition) is 10. The first kappa shape index (κ1) is 24.4. The second-order valence-corrected chi connectivity index (χ2v) is 7.84. The Hall–Kier alpha value is -4.77. The van der Waals surface area contributed by atoms with Gasteiger partial charge >= 0.3 is 0 Å². The number of nitrogens with one attached hydrogen (secondary N) is 3. The fraction of sp³-hybridized carbons (Fsp3) is 0.0833. The number of methoxy groups -OCH3 is 1. The lowest BCUT2D eigenvalue weighted by Gasteiger charge is -2.11. The summed E-state index contributed by atoms with van der Waals surface area (Å²) in [4.78, 5) is 23.6. The van der Waals surface area contributed by atoms with Crippen LogP contribution in [0.25, 0.3) is 0 Å². The normalized spacial score (nSPS) is 11.0. The summed E-state index contributed by atoms with van der Waals surface area (Å²) in [6, 6.07) is 20.4. The molecule has 0 fully saturated rings. The topological polar surface area (TPSA) is 139 Å². The lowest BCUT2D eigenvalue weighted by Crippen LogP contribution is -2.08. The molecule has 4 rings (SSSR count). The summed E-state index contributed by atoms with van der Waals surface area (Å²) in [5.41, 5.74) is 5.70. The van der Waals surface area contributed by atoms with Crippen molar-refractivity contribution in [3.8, 4) is 5.75 Å². The van der Waals surface area contributed by atoms with E-state index in [0.29, 0.717) is 22.2 Å². The molecule has 0 saturated carbocycles. The smallest absolute Gasteiger partial charge is 0.269 e. The van der Waals surface area contributed by atoms with Crippen LogP contribution in [0.3, 0.4) is 0 Å². The molecule has 3 aromatic carbocycles. The van der Waals surface area contributed by atoms with Crippen molar-refractivity contribution >= 4 is 52.2 Å². The second kappa shape index (κ2) is 11.1. The molecule has 11 nitrogen and oxygen atoms in total. The van der Waals surface area contributed by atoms with E-state index in [9.17, 15) is 10.1 Å². The minimum atomic E-state index is -0.466. The lowest BCUT2D eigenvalue weighted by molar-refractivity contribution is -0.384. The van der Waals surface area contributed by atoms with Gasteiger partial charge in [-0.3, -0.25) is 10.1 Å². The monoisotopic (exact) mass is 504 g/mol. The molecule has 4 aromatic rings. The van der Waals surface area contributed by atoms with Gasteiger partial charge < -0.3 is 15.4 Å². The summed E-state index contributed by atoms with van der Waals surface area (Å²) in [6.07, 6.45) is 0. The molecule has 36 heavy (non-hydrogen) atoms. The minimum Gasteiger partial charge on any atom is -0.497 e. The van der Waals surface area contributed by atoms with Crippen LogP contribution in [0.1, 0.15) is 12.5 Å². The molecular weight excluding hydrogens is 484 g/mol. The highest BCUT2D eigenvalue weighted by atomic mass is 35.5. The van der Waals surface area contributed by atoms with Gasteiger partial charge in [0.25, 0.3) is 5.69 Å². The molecule has 0 bridgehead atoms. The van der Waals surface area contributed by atoms with Crippen LogP contribution in [-0.4, -0.2) is 32.7 Å². The maximum absolute atomic E-state index is 10.9. The Balaban J connectivity index is 1.60. The van der Waals surface area contributed by atoms with Crippen LogP contribution >= 0.6 is 11.6 Å². The van der Waals surface area contributed by atoms with Crippen molar-refractivity contribution in [2.75, 3.05) is 23.2 Å². The number of benzene rings is 3. The summed E-state index contributed by atoms with van der Waals surface area (Å²) in [5.74, 6) is 1.35. The van der Waals surface area contributed by atoms with Crippen molar-refractivity contribution in [1.82, 2.24) is 15.0 Å². The summed E-state index contributed by atoms with van der Waals surface area (Å²) >= 11 is 5.96. The Morgan fingerprint density at radius 3 is 1.92 bits per heavy atom. The number of non-ortho nitro benzene ring substituents is 1. The molecule has 12 heteroatoms. The van der Waals surface area contributed by atoms with Crippen molar-refractivity contribution in [3.63, 3.8) is 0 Å². The molecule has 0 unspecified atom stereocenters. The van der Waals surface area contributed by atoms with Gasteiger partial charge in [0, 0.05) is 28.5 Å². The first-order valence-corrected chi connectivity index (χ1v) is 11.0. The molecule has 3 N–H and O–H groups in total. The molecule has 0 aliphatic rings. The average Bonchev–Trinajstić information content (AvgIpc) is 2.88. The molecule has 0 saturated heterocycles. The Morgan fingerprint density at radius 2 is 1.39 bits per heavy atom. The zero-order valence-electron chi connectivity index (χ0n) is 19.3. The molecule has 0 aliphatic carbocycles. The quantitative estimate of drug-likeness (QED) is 0.147. The van der Waals surface area contributed by atoms with E-state index in [1.807, 2.05) is 31.2 Å². The van der Waals surface area contributed by atoms with Crippen LogP contribution in [0.2, 0.25) is 5.02 Å². The van der Waals surface area contributed by atoms with Gasteiger partial charge in [0.1, 0.15) is 5.75 Å². The van der Waals surface area contributed by atoms with Gasteiger partial charge in [-0.2, -0.15) is 20.1 Å². The van der Waals surface area contributed by atoms with Crippen LogP contribution < -0.4 is 20.8 Å². The van der Waals surface area contributed by atoms with E-state index in [4.69, 9.17) is 16.3 Å². The second-order valence-electron chi connectivity index (χ2n) is 7.40. The third-order valence-corrected chi connectivity index (χ3v) is 5.15. The van der Waals surface area contributed by atoms with Gasteiger partial charge in [-0.1, -0.05) is 23.7 Å². The van der Waals surface area contributed by atoms with Crippen molar-refractivity contribution in [1.29, 1.82) is 0 Å². The van der Waals surface area contributed by atoms with Crippen LogP contribution in [-0.2, 0) is 0 Å². The van der Waals surface area contributed by atoms with E-state index in [1.165, 1.54) is 12.1 Å². The highest BCUT2D eigenvalue weighted by Crippen LogP contribution is 2.22. The number of nitro groups is 1. The molecule has 0 aliphatic heterocycles. The molecule has 0 spiro atoms. The molecular formula is C24H21ClN8O3. The minimum absolute atomic E-state index is 0.0209.